The van der Waals surface area contributed by atoms with Gasteiger partial charge in [-0.1, -0.05) is 42.5 Å². The van der Waals surface area contributed by atoms with Gasteiger partial charge >= 0.3 is 6.01 Å². The van der Waals surface area contributed by atoms with Crippen LogP contribution in [0.25, 0.3) is 10.6 Å². The maximum atomic E-state index is 15.1. The summed E-state index contributed by atoms with van der Waals surface area (Å²) < 4.78 is 44.0. The third-order valence-electron chi connectivity index (χ3n) is 5.81. The van der Waals surface area contributed by atoms with E-state index in [0.717, 1.165) is 30.4 Å². The van der Waals surface area contributed by atoms with E-state index >= 15 is 4.39 Å². The van der Waals surface area contributed by atoms with E-state index in [-0.39, 0.29) is 29.4 Å². The van der Waals surface area contributed by atoms with Crippen molar-refractivity contribution < 1.29 is 18.3 Å². The lowest BCUT2D eigenvalue weighted by Gasteiger charge is -2.31. The number of hydrogen-bond acceptors (Lipinski definition) is 6. The second kappa shape index (κ2) is 10.7. The maximum absolute atomic E-state index is 15.1. The van der Waals surface area contributed by atoms with Gasteiger partial charge in [-0.15, -0.1) is 4.37 Å². The molecule has 0 spiro atoms. The molecule has 0 N–H and O–H groups in total. The van der Waals surface area contributed by atoms with Gasteiger partial charge in [0.25, 0.3) is 0 Å². The average molecular weight is 480 g/mol. The molecule has 5 nitrogen and oxygen atoms in total. The highest BCUT2D eigenvalue weighted by Crippen LogP contribution is 2.37. The first kappa shape index (κ1) is 23.7. The predicted octanol–water partition coefficient (Wildman–Crippen LogP) is 6.02. The van der Waals surface area contributed by atoms with Crippen LogP contribution in [0.3, 0.4) is 0 Å². The Kier molecular flexibility index (Phi) is 7.46. The van der Waals surface area contributed by atoms with E-state index in [1.807, 2.05) is 24.3 Å². The topological polar surface area (TPSA) is 68.0 Å². The normalized spacial score (nSPS) is 17.0. The van der Waals surface area contributed by atoms with Crippen LogP contribution in [-0.4, -0.2) is 23.1 Å². The summed E-state index contributed by atoms with van der Waals surface area (Å²) in [4.78, 5) is 4.31. The number of nitrogens with zero attached hydrogens (tertiary/aromatic N) is 3. The van der Waals surface area contributed by atoms with Crippen molar-refractivity contribution >= 4 is 11.5 Å². The first-order valence-corrected chi connectivity index (χ1v) is 11.6. The summed E-state index contributed by atoms with van der Waals surface area (Å²) >= 11 is 1.08. The lowest BCUT2D eigenvalue weighted by Crippen LogP contribution is -2.24. The van der Waals surface area contributed by atoms with Crippen LogP contribution in [0.1, 0.15) is 29.5 Å². The Hall–Kier alpha value is -3.41. The van der Waals surface area contributed by atoms with E-state index in [1.165, 1.54) is 18.2 Å². The molecule has 34 heavy (non-hydrogen) atoms. The molecule has 8 heteroatoms. The van der Waals surface area contributed by atoms with E-state index in [0.29, 0.717) is 34.7 Å². The van der Waals surface area contributed by atoms with E-state index in [1.54, 1.807) is 13.2 Å². The number of halogens is 2. The predicted molar refractivity (Wildman–Crippen MR) is 126 cm³/mol. The summed E-state index contributed by atoms with van der Waals surface area (Å²) in [6, 6.07) is 11.2. The molecule has 1 aliphatic rings. The number of ether oxygens (including phenoxy) is 2. The zero-order chi connectivity index (χ0) is 24.0. The zero-order valence-corrected chi connectivity index (χ0v) is 19.4. The fourth-order valence-electron chi connectivity index (χ4n) is 3.88. The Balaban J connectivity index is 1.44. The van der Waals surface area contributed by atoms with Gasteiger partial charge in [-0.3, -0.25) is 0 Å². The van der Waals surface area contributed by atoms with Gasteiger partial charge in [0.05, 0.1) is 11.6 Å². The molecule has 0 aliphatic heterocycles. The first-order chi connectivity index (χ1) is 16.5. The lowest BCUT2D eigenvalue weighted by atomic mass is 9.74. The molecule has 0 bridgehead atoms. The van der Waals surface area contributed by atoms with E-state index in [2.05, 4.69) is 21.5 Å². The minimum absolute atomic E-state index is 0.0769. The molecule has 0 amide bonds. The van der Waals surface area contributed by atoms with Gasteiger partial charge in [-0.25, -0.2) is 8.78 Å². The number of methoxy groups -OCH3 is 1. The number of nitriles is 1. The maximum Gasteiger partial charge on any atom is 0.329 e. The van der Waals surface area contributed by atoms with Crippen molar-refractivity contribution in [1.82, 2.24) is 9.36 Å². The van der Waals surface area contributed by atoms with Crippen LogP contribution in [-0.2, 0) is 17.8 Å². The molecule has 1 aliphatic carbocycles. The smallest absolute Gasteiger partial charge is 0.329 e. The third-order valence-corrected chi connectivity index (χ3v) is 6.56. The number of benzene rings is 2. The molecule has 1 atom stereocenters. The Bertz CT molecular complexity index is 1270. The van der Waals surface area contributed by atoms with Crippen molar-refractivity contribution in [2.45, 2.75) is 25.9 Å². The standard InChI is InChI=1S/C26H23F2N3O2S/c1-32-12-11-26(9-3-2-4-10-26)15-20-8-7-19(14-23(20)28)24-30-25(31-34-24)33-17-21-6-5-18(16-29)13-22(21)27/h2-9,13-14H,10-12,15,17H2,1H3. The molecule has 0 saturated heterocycles. The molecule has 3 aromatic rings. The van der Waals surface area contributed by atoms with Crippen molar-refractivity contribution in [2.24, 2.45) is 5.41 Å². The summed E-state index contributed by atoms with van der Waals surface area (Å²) in [6.07, 6.45) is 10.5. The highest BCUT2D eigenvalue weighted by molar-refractivity contribution is 7.09. The van der Waals surface area contributed by atoms with Gasteiger partial charge in [0.1, 0.15) is 23.2 Å². The second-order valence-electron chi connectivity index (χ2n) is 8.17. The largest absolute Gasteiger partial charge is 0.458 e. The van der Waals surface area contributed by atoms with Gasteiger partial charge in [-0.05, 0) is 60.0 Å². The quantitative estimate of drug-likeness (QED) is 0.376. The van der Waals surface area contributed by atoms with Gasteiger partial charge in [0.15, 0.2) is 0 Å². The Morgan fingerprint density at radius 2 is 1.94 bits per heavy atom. The van der Waals surface area contributed by atoms with Crippen molar-refractivity contribution in [2.75, 3.05) is 13.7 Å². The molecule has 0 radical (unpaired) electrons. The van der Waals surface area contributed by atoms with Crippen molar-refractivity contribution in [3.63, 3.8) is 0 Å². The van der Waals surface area contributed by atoms with Crippen LogP contribution >= 0.6 is 11.5 Å². The Labute approximate surface area is 201 Å². The third kappa shape index (κ3) is 5.56. The Morgan fingerprint density at radius 3 is 2.65 bits per heavy atom. The zero-order valence-electron chi connectivity index (χ0n) is 18.6. The highest BCUT2D eigenvalue weighted by Gasteiger charge is 2.28. The number of aromatic nitrogens is 2. The van der Waals surface area contributed by atoms with Crippen LogP contribution in [0.15, 0.2) is 60.7 Å². The summed E-state index contributed by atoms with van der Waals surface area (Å²) in [5.41, 5.74) is 1.60. The molecule has 1 heterocycles. The first-order valence-electron chi connectivity index (χ1n) is 10.8. The molecule has 0 saturated carbocycles. The number of rotatable bonds is 9. The summed E-state index contributed by atoms with van der Waals surface area (Å²) in [5.74, 6) is -0.826. The number of hydrogen-bond donors (Lipinski definition) is 0. The molecule has 0 fully saturated rings. The van der Waals surface area contributed by atoms with E-state index in [9.17, 15) is 4.39 Å². The minimum atomic E-state index is -0.529. The van der Waals surface area contributed by atoms with E-state index in [4.69, 9.17) is 14.7 Å². The van der Waals surface area contributed by atoms with Gasteiger partial charge in [-0.2, -0.15) is 10.2 Å². The van der Waals surface area contributed by atoms with Crippen LogP contribution in [0, 0.1) is 28.4 Å². The minimum Gasteiger partial charge on any atom is -0.458 e. The van der Waals surface area contributed by atoms with Gasteiger partial charge in [0, 0.05) is 24.8 Å². The fourth-order valence-corrected chi connectivity index (χ4v) is 4.49. The summed E-state index contributed by atoms with van der Waals surface area (Å²) in [5, 5.41) is 9.34. The lowest BCUT2D eigenvalue weighted by molar-refractivity contribution is 0.156. The van der Waals surface area contributed by atoms with Crippen molar-refractivity contribution in [1.29, 1.82) is 5.26 Å². The summed E-state index contributed by atoms with van der Waals surface area (Å²) in [7, 11) is 1.67. The SMILES string of the molecule is COCCC1(Cc2ccc(-c3nc(OCc4ccc(C#N)cc4F)ns3)cc2F)C=CC=CC1. The Morgan fingerprint density at radius 1 is 1.12 bits per heavy atom. The molecular weight excluding hydrogens is 456 g/mol. The van der Waals surface area contributed by atoms with E-state index < -0.39 is 5.82 Å². The van der Waals surface area contributed by atoms with Crippen LogP contribution < -0.4 is 4.74 Å². The van der Waals surface area contributed by atoms with Gasteiger partial charge < -0.3 is 9.47 Å². The van der Waals surface area contributed by atoms with Crippen molar-refractivity contribution in [3.8, 4) is 22.7 Å². The molecule has 1 aromatic heterocycles. The second-order valence-corrected chi connectivity index (χ2v) is 8.92. The molecule has 174 valence electrons. The van der Waals surface area contributed by atoms with Crippen molar-refractivity contribution in [3.05, 3.63) is 89.0 Å². The molecule has 1 unspecified atom stereocenters. The average Bonchev–Trinajstić information content (AvgIpc) is 3.33. The fraction of sp³-hybridized carbons (Fsp3) is 0.269. The molecule has 4 rings (SSSR count). The summed E-state index contributed by atoms with van der Waals surface area (Å²) in [6.45, 7) is 0.532. The van der Waals surface area contributed by atoms with Crippen LogP contribution in [0.2, 0.25) is 0 Å². The molecular formula is C26H23F2N3O2S. The highest BCUT2D eigenvalue weighted by atomic mass is 32.1. The molecule has 2 aromatic carbocycles. The van der Waals surface area contributed by atoms with Crippen LogP contribution in [0.4, 0.5) is 8.78 Å². The monoisotopic (exact) mass is 479 g/mol. The van der Waals surface area contributed by atoms with Gasteiger partial charge in [0.2, 0.25) is 0 Å². The number of allylic oxidation sites excluding steroid dienone is 4. The van der Waals surface area contributed by atoms with Crippen LogP contribution in [0.5, 0.6) is 6.01 Å².